The van der Waals surface area contributed by atoms with Crippen LogP contribution in [0.5, 0.6) is 5.75 Å². The summed E-state index contributed by atoms with van der Waals surface area (Å²) >= 11 is 6.00. The van der Waals surface area contributed by atoms with Gasteiger partial charge in [0.15, 0.2) is 0 Å². The Morgan fingerprint density at radius 2 is 2.11 bits per heavy atom. The minimum absolute atomic E-state index is 0.248. The van der Waals surface area contributed by atoms with Gasteiger partial charge in [0.25, 0.3) is 0 Å². The zero-order valence-corrected chi connectivity index (χ0v) is 11.4. The highest BCUT2D eigenvalue weighted by Crippen LogP contribution is 2.29. The summed E-state index contributed by atoms with van der Waals surface area (Å²) in [5, 5.41) is 4.88. The van der Waals surface area contributed by atoms with Gasteiger partial charge in [-0.1, -0.05) is 17.7 Å². The van der Waals surface area contributed by atoms with Crippen LogP contribution in [0.2, 0.25) is 5.02 Å². The molecule has 0 radical (unpaired) electrons. The van der Waals surface area contributed by atoms with Gasteiger partial charge in [-0.15, -0.1) is 0 Å². The van der Waals surface area contributed by atoms with Crippen LogP contribution in [0.25, 0.3) is 0 Å². The van der Waals surface area contributed by atoms with Gasteiger partial charge in [-0.2, -0.15) is 5.10 Å². The first-order valence-corrected chi connectivity index (χ1v) is 6.00. The number of halogens is 1. The van der Waals surface area contributed by atoms with Crippen LogP contribution in [0.4, 0.5) is 0 Å². The van der Waals surface area contributed by atoms with Gasteiger partial charge in [0.1, 0.15) is 5.75 Å². The Morgan fingerprint density at radius 3 is 2.67 bits per heavy atom. The van der Waals surface area contributed by atoms with Crippen molar-refractivity contribution in [1.29, 1.82) is 0 Å². The second-order valence-electron chi connectivity index (χ2n) is 4.21. The monoisotopic (exact) mass is 265 g/mol. The Labute approximate surface area is 111 Å². The second-order valence-corrected chi connectivity index (χ2v) is 4.61. The summed E-state index contributed by atoms with van der Waals surface area (Å²) in [6, 6.07) is 7.28. The van der Waals surface area contributed by atoms with Crippen molar-refractivity contribution in [2.24, 2.45) is 12.8 Å². The Hall–Kier alpha value is -1.52. The Morgan fingerprint density at radius 1 is 1.39 bits per heavy atom. The molecule has 0 aliphatic carbocycles. The van der Waals surface area contributed by atoms with E-state index < -0.39 is 0 Å². The molecule has 1 aromatic heterocycles. The number of nitrogens with two attached hydrogens (primary N) is 1. The molecule has 2 N–H and O–H groups in total. The van der Waals surface area contributed by atoms with Crippen molar-refractivity contribution in [3.05, 3.63) is 46.2 Å². The summed E-state index contributed by atoms with van der Waals surface area (Å²) in [6.07, 6.45) is 0. The maximum atomic E-state index is 6.24. The lowest BCUT2D eigenvalue weighted by Crippen LogP contribution is -2.15. The van der Waals surface area contributed by atoms with Gasteiger partial charge in [-0.25, -0.2) is 0 Å². The standard InChI is InChI=1S/C13H16ClN3O/c1-8-6-11(17(2)16-8)13(15)9-4-5-10(14)12(7-9)18-3/h4-7,13H,15H2,1-3H3. The van der Waals surface area contributed by atoms with Crippen molar-refractivity contribution >= 4 is 11.6 Å². The molecular weight excluding hydrogens is 250 g/mol. The maximum absolute atomic E-state index is 6.24. The molecule has 0 spiro atoms. The van der Waals surface area contributed by atoms with Crippen molar-refractivity contribution < 1.29 is 4.74 Å². The first kappa shape index (κ1) is 12.9. The van der Waals surface area contributed by atoms with Crippen LogP contribution in [0.15, 0.2) is 24.3 Å². The van der Waals surface area contributed by atoms with E-state index in [-0.39, 0.29) is 6.04 Å². The number of aromatic nitrogens is 2. The molecule has 2 rings (SSSR count). The predicted octanol–water partition coefficient (Wildman–Crippen LogP) is 2.44. The van der Waals surface area contributed by atoms with Gasteiger partial charge >= 0.3 is 0 Å². The molecule has 0 saturated heterocycles. The van der Waals surface area contributed by atoms with Crippen LogP contribution in [0, 0.1) is 6.92 Å². The van der Waals surface area contributed by atoms with Crippen LogP contribution in [0.1, 0.15) is 23.0 Å². The summed E-state index contributed by atoms with van der Waals surface area (Å²) in [5.41, 5.74) is 9.09. The number of rotatable bonds is 3. The van der Waals surface area contributed by atoms with E-state index in [1.807, 2.05) is 32.2 Å². The van der Waals surface area contributed by atoms with Gasteiger partial charge in [0.2, 0.25) is 0 Å². The highest BCUT2D eigenvalue weighted by molar-refractivity contribution is 6.32. The summed E-state index contributed by atoms with van der Waals surface area (Å²) in [4.78, 5) is 0. The van der Waals surface area contributed by atoms with E-state index in [9.17, 15) is 0 Å². The molecule has 2 aromatic rings. The van der Waals surface area contributed by atoms with E-state index in [1.54, 1.807) is 17.9 Å². The molecule has 1 aromatic carbocycles. The van der Waals surface area contributed by atoms with Crippen LogP contribution in [0.3, 0.4) is 0 Å². The van der Waals surface area contributed by atoms with Crippen LogP contribution < -0.4 is 10.5 Å². The van der Waals surface area contributed by atoms with E-state index in [0.29, 0.717) is 10.8 Å². The molecule has 0 aliphatic heterocycles. The third-order valence-electron chi connectivity index (χ3n) is 2.89. The highest BCUT2D eigenvalue weighted by atomic mass is 35.5. The first-order valence-electron chi connectivity index (χ1n) is 5.62. The molecule has 4 nitrogen and oxygen atoms in total. The largest absolute Gasteiger partial charge is 0.495 e. The lowest BCUT2D eigenvalue weighted by molar-refractivity contribution is 0.414. The maximum Gasteiger partial charge on any atom is 0.137 e. The number of methoxy groups -OCH3 is 1. The average Bonchev–Trinajstić information content (AvgIpc) is 2.68. The Bertz CT molecular complexity index is 565. The number of hydrogen-bond acceptors (Lipinski definition) is 3. The third kappa shape index (κ3) is 2.35. The van der Waals surface area contributed by atoms with E-state index in [4.69, 9.17) is 22.1 Å². The molecule has 0 saturated carbocycles. The van der Waals surface area contributed by atoms with Gasteiger partial charge < -0.3 is 10.5 Å². The van der Waals surface area contributed by atoms with E-state index in [1.165, 1.54) is 0 Å². The lowest BCUT2D eigenvalue weighted by atomic mass is 10.0. The first-order chi connectivity index (χ1) is 8.52. The number of benzene rings is 1. The molecule has 0 aliphatic rings. The normalized spacial score (nSPS) is 12.5. The molecule has 1 heterocycles. The lowest BCUT2D eigenvalue weighted by Gasteiger charge is -2.14. The van der Waals surface area contributed by atoms with Crippen molar-refractivity contribution in [2.45, 2.75) is 13.0 Å². The minimum atomic E-state index is -0.248. The fraction of sp³-hybridized carbons (Fsp3) is 0.308. The summed E-state index contributed by atoms with van der Waals surface area (Å²) < 4.78 is 6.99. The number of aryl methyl sites for hydroxylation is 2. The smallest absolute Gasteiger partial charge is 0.137 e. The third-order valence-corrected chi connectivity index (χ3v) is 3.20. The number of ether oxygens (including phenoxy) is 1. The molecule has 5 heteroatoms. The zero-order chi connectivity index (χ0) is 13.3. The van der Waals surface area contributed by atoms with Crippen molar-refractivity contribution in [1.82, 2.24) is 9.78 Å². The molecule has 96 valence electrons. The second kappa shape index (κ2) is 5.00. The van der Waals surface area contributed by atoms with Crippen LogP contribution in [-0.4, -0.2) is 16.9 Å². The van der Waals surface area contributed by atoms with Gasteiger partial charge in [0.05, 0.1) is 29.6 Å². The van der Waals surface area contributed by atoms with E-state index in [2.05, 4.69) is 5.10 Å². The van der Waals surface area contributed by atoms with Gasteiger partial charge in [-0.05, 0) is 30.7 Å². The van der Waals surface area contributed by atoms with Crippen LogP contribution >= 0.6 is 11.6 Å². The number of hydrogen-bond donors (Lipinski definition) is 1. The summed E-state index contributed by atoms with van der Waals surface area (Å²) in [7, 11) is 3.47. The Balaban J connectivity index is 2.39. The molecule has 1 atom stereocenters. The molecule has 0 bridgehead atoms. The van der Waals surface area contributed by atoms with Gasteiger partial charge in [0, 0.05) is 7.05 Å². The quantitative estimate of drug-likeness (QED) is 0.927. The Kier molecular flexibility index (Phi) is 3.59. The predicted molar refractivity (Wildman–Crippen MR) is 72.0 cm³/mol. The number of nitrogens with zero attached hydrogens (tertiary/aromatic N) is 2. The minimum Gasteiger partial charge on any atom is -0.495 e. The van der Waals surface area contributed by atoms with Crippen molar-refractivity contribution in [2.75, 3.05) is 7.11 Å². The van der Waals surface area contributed by atoms with Crippen molar-refractivity contribution in [3.63, 3.8) is 0 Å². The molecule has 0 fully saturated rings. The fourth-order valence-electron chi connectivity index (χ4n) is 1.96. The topological polar surface area (TPSA) is 53.1 Å². The molecule has 1 unspecified atom stereocenters. The highest BCUT2D eigenvalue weighted by Gasteiger charge is 2.15. The molecular formula is C13H16ClN3O. The fourth-order valence-corrected chi connectivity index (χ4v) is 2.16. The molecule has 18 heavy (non-hydrogen) atoms. The average molecular weight is 266 g/mol. The SMILES string of the molecule is COc1cc(C(N)c2cc(C)nn2C)ccc1Cl. The summed E-state index contributed by atoms with van der Waals surface area (Å²) in [5.74, 6) is 0.628. The van der Waals surface area contributed by atoms with E-state index >= 15 is 0 Å². The van der Waals surface area contributed by atoms with E-state index in [0.717, 1.165) is 17.0 Å². The zero-order valence-electron chi connectivity index (χ0n) is 10.6. The van der Waals surface area contributed by atoms with Gasteiger partial charge in [-0.3, -0.25) is 4.68 Å². The van der Waals surface area contributed by atoms with Crippen LogP contribution in [-0.2, 0) is 7.05 Å². The molecule has 0 amide bonds. The van der Waals surface area contributed by atoms with Crippen molar-refractivity contribution in [3.8, 4) is 5.75 Å². The summed E-state index contributed by atoms with van der Waals surface area (Å²) in [6.45, 7) is 1.94.